The largest absolute Gasteiger partial charge is 0.477 e. The number of likely N-dealkylation sites (tertiary alicyclic amines) is 1. The van der Waals surface area contributed by atoms with Gasteiger partial charge in [-0.05, 0) is 25.9 Å². The number of aromatic carboxylic acids is 1. The lowest BCUT2D eigenvalue weighted by Crippen LogP contribution is -2.25. The SMILES string of the molecule is O=C(O)c1scnc1CN1CCCCCC1. The van der Waals surface area contributed by atoms with E-state index in [-0.39, 0.29) is 0 Å². The highest BCUT2D eigenvalue weighted by molar-refractivity contribution is 7.11. The van der Waals surface area contributed by atoms with Crippen molar-refractivity contribution in [3.8, 4) is 0 Å². The molecule has 0 bridgehead atoms. The van der Waals surface area contributed by atoms with Crippen LogP contribution >= 0.6 is 11.3 Å². The van der Waals surface area contributed by atoms with Gasteiger partial charge in [0.1, 0.15) is 4.88 Å². The lowest BCUT2D eigenvalue weighted by molar-refractivity contribution is 0.0699. The molecule has 1 N–H and O–H groups in total. The van der Waals surface area contributed by atoms with Gasteiger partial charge in [0.15, 0.2) is 0 Å². The summed E-state index contributed by atoms with van der Waals surface area (Å²) in [7, 11) is 0. The molecular formula is C11H16N2O2S. The minimum absolute atomic E-state index is 0.393. The summed E-state index contributed by atoms with van der Waals surface area (Å²) in [6.45, 7) is 2.82. The van der Waals surface area contributed by atoms with E-state index < -0.39 is 5.97 Å². The summed E-state index contributed by atoms with van der Waals surface area (Å²) in [5.74, 6) is -0.854. The third kappa shape index (κ3) is 2.80. The monoisotopic (exact) mass is 240 g/mol. The number of hydrogen-bond acceptors (Lipinski definition) is 4. The number of carboxylic acids is 1. The maximum atomic E-state index is 10.9. The van der Waals surface area contributed by atoms with Crippen LogP contribution in [0, 0.1) is 0 Å². The molecule has 0 radical (unpaired) electrons. The smallest absolute Gasteiger partial charge is 0.347 e. The molecule has 0 spiro atoms. The van der Waals surface area contributed by atoms with Crippen molar-refractivity contribution in [1.82, 2.24) is 9.88 Å². The van der Waals surface area contributed by atoms with Crippen molar-refractivity contribution < 1.29 is 9.90 Å². The summed E-state index contributed by atoms with van der Waals surface area (Å²) in [5, 5.41) is 8.99. The predicted molar refractivity (Wildman–Crippen MR) is 62.8 cm³/mol. The standard InChI is InChI=1S/C11H16N2O2S/c14-11(15)10-9(12-8-16-10)7-13-5-3-1-2-4-6-13/h8H,1-7H2,(H,14,15). The van der Waals surface area contributed by atoms with Gasteiger partial charge in [-0.15, -0.1) is 11.3 Å². The molecule has 1 aliphatic heterocycles. The van der Waals surface area contributed by atoms with Gasteiger partial charge in [-0.1, -0.05) is 12.8 Å². The molecule has 0 unspecified atom stereocenters. The Bertz CT molecular complexity index is 357. The number of thiazole rings is 1. The third-order valence-corrected chi connectivity index (χ3v) is 3.76. The molecule has 0 amide bonds. The fourth-order valence-electron chi connectivity index (χ4n) is 2.06. The van der Waals surface area contributed by atoms with E-state index >= 15 is 0 Å². The van der Waals surface area contributed by atoms with Crippen LogP contribution in [0.25, 0.3) is 0 Å². The van der Waals surface area contributed by atoms with Crippen molar-refractivity contribution >= 4 is 17.3 Å². The van der Waals surface area contributed by atoms with Gasteiger partial charge in [-0.2, -0.15) is 0 Å². The molecule has 0 aromatic carbocycles. The highest BCUT2D eigenvalue weighted by atomic mass is 32.1. The van der Waals surface area contributed by atoms with Gasteiger partial charge in [0.2, 0.25) is 0 Å². The van der Waals surface area contributed by atoms with Crippen molar-refractivity contribution in [3.05, 3.63) is 16.1 Å². The first kappa shape index (κ1) is 11.5. The van der Waals surface area contributed by atoms with Gasteiger partial charge in [0.25, 0.3) is 0 Å². The van der Waals surface area contributed by atoms with Gasteiger partial charge in [0.05, 0.1) is 11.2 Å². The first-order valence-corrected chi connectivity index (χ1v) is 6.53. The zero-order valence-corrected chi connectivity index (χ0v) is 10.0. The van der Waals surface area contributed by atoms with E-state index in [1.807, 2.05) is 0 Å². The molecule has 0 aliphatic carbocycles. The van der Waals surface area contributed by atoms with Crippen LogP contribution in [0.2, 0.25) is 0 Å². The van der Waals surface area contributed by atoms with E-state index in [0.717, 1.165) is 18.8 Å². The molecule has 1 aromatic rings. The fourth-order valence-corrected chi connectivity index (χ4v) is 2.70. The molecule has 2 rings (SSSR count). The summed E-state index contributed by atoms with van der Waals surface area (Å²) in [6.07, 6.45) is 5.01. The first-order chi connectivity index (χ1) is 7.77. The quantitative estimate of drug-likeness (QED) is 0.880. The predicted octanol–water partition coefficient (Wildman–Crippen LogP) is 2.22. The molecule has 1 saturated heterocycles. The van der Waals surface area contributed by atoms with Crippen LogP contribution < -0.4 is 0 Å². The van der Waals surface area contributed by atoms with E-state index in [1.54, 1.807) is 5.51 Å². The molecule has 1 fully saturated rings. The second kappa shape index (κ2) is 5.41. The van der Waals surface area contributed by atoms with Crippen LogP contribution in [0.4, 0.5) is 0 Å². The highest BCUT2D eigenvalue weighted by Gasteiger charge is 2.17. The minimum atomic E-state index is -0.854. The summed E-state index contributed by atoms with van der Waals surface area (Å²) in [4.78, 5) is 17.8. The van der Waals surface area contributed by atoms with Crippen LogP contribution in [0.15, 0.2) is 5.51 Å². The summed E-state index contributed by atoms with van der Waals surface area (Å²) in [6, 6.07) is 0. The van der Waals surface area contributed by atoms with Crippen LogP contribution in [0.3, 0.4) is 0 Å². The minimum Gasteiger partial charge on any atom is -0.477 e. The number of hydrogen-bond donors (Lipinski definition) is 1. The Balaban J connectivity index is 2.01. The second-order valence-corrected chi connectivity index (χ2v) is 4.98. The normalized spacial score (nSPS) is 18.2. The van der Waals surface area contributed by atoms with E-state index in [2.05, 4.69) is 9.88 Å². The fraction of sp³-hybridized carbons (Fsp3) is 0.636. The Labute approximate surface area is 98.9 Å². The molecule has 1 aliphatic rings. The van der Waals surface area contributed by atoms with Crippen LogP contribution in [0.5, 0.6) is 0 Å². The molecule has 0 saturated carbocycles. The van der Waals surface area contributed by atoms with Crippen molar-refractivity contribution in [2.45, 2.75) is 32.2 Å². The van der Waals surface area contributed by atoms with Crippen molar-refractivity contribution in [1.29, 1.82) is 0 Å². The average molecular weight is 240 g/mol. The van der Waals surface area contributed by atoms with Gasteiger partial charge in [-0.25, -0.2) is 9.78 Å². The highest BCUT2D eigenvalue weighted by Crippen LogP contribution is 2.17. The lowest BCUT2D eigenvalue weighted by atomic mass is 10.2. The maximum absolute atomic E-state index is 10.9. The zero-order chi connectivity index (χ0) is 11.4. The number of nitrogens with zero attached hydrogens (tertiary/aromatic N) is 2. The molecule has 5 heteroatoms. The summed E-state index contributed by atoms with van der Waals surface area (Å²) in [5.41, 5.74) is 2.34. The Morgan fingerprint density at radius 3 is 2.69 bits per heavy atom. The van der Waals surface area contributed by atoms with Gasteiger partial charge in [-0.3, -0.25) is 4.90 Å². The first-order valence-electron chi connectivity index (χ1n) is 5.65. The Hall–Kier alpha value is -0.940. The number of aromatic nitrogens is 1. The topological polar surface area (TPSA) is 53.4 Å². The second-order valence-electron chi connectivity index (χ2n) is 4.12. The van der Waals surface area contributed by atoms with Crippen LogP contribution in [-0.2, 0) is 6.54 Å². The number of carbonyl (C=O) groups is 1. The number of carboxylic acid groups (broad SMARTS) is 1. The molecule has 1 aromatic heterocycles. The summed E-state index contributed by atoms with van der Waals surface area (Å²) < 4.78 is 0. The van der Waals surface area contributed by atoms with Gasteiger partial charge in [0, 0.05) is 6.54 Å². The summed E-state index contributed by atoms with van der Waals surface area (Å²) >= 11 is 1.21. The third-order valence-electron chi connectivity index (χ3n) is 2.91. The average Bonchev–Trinajstić information content (AvgIpc) is 2.55. The molecule has 2 heterocycles. The van der Waals surface area contributed by atoms with Crippen LogP contribution in [0.1, 0.15) is 41.0 Å². The van der Waals surface area contributed by atoms with Crippen molar-refractivity contribution in [2.75, 3.05) is 13.1 Å². The van der Waals surface area contributed by atoms with Crippen molar-refractivity contribution in [2.24, 2.45) is 0 Å². The van der Waals surface area contributed by atoms with Crippen molar-refractivity contribution in [3.63, 3.8) is 0 Å². The van der Waals surface area contributed by atoms with E-state index in [4.69, 9.17) is 5.11 Å². The van der Waals surface area contributed by atoms with E-state index in [9.17, 15) is 4.79 Å². The lowest BCUT2D eigenvalue weighted by Gasteiger charge is -2.18. The maximum Gasteiger partial charge on any atom is 0.347 e. The zero-order valence-electron chi connectivity index (χ0n) is 9.19. The Kier molecular flexibility index (Phi) is 3.90. The molecule has 16 heavy (non-hydrogen) atoms. The Morgan fingerprint density at radius 1 is 1.38 bits per heavy atom. The number of rotatable bonds is 3. The van der Waals surface area contributed by atoms with Crippen LogP contribution in [-0.4, -0.2) is 34.0 Å². The molecule has 0 atom stereocenters. The van der Waals surface area contributed by atoms with E-state index in [0.29, 0.717) is 11.4 Å². The Morgan fingerprint density at radius 2 is 2.06 bits per heavy atom. The molecular weight excluding hydrogens is 224 g/mol. The van der Waals surface area contributed by atoms with E-state index in [1.165, 1.54) is 37.0 Å². The molecule has 4 nitrogen and oxygen atoms in total. The van der Waals surface area contributed by atoms with Gasteiger partial charge < -0.3 is 5.11 Å². The molecule has 88 valence electrons. The van der Waals surface area contributed by atoms with Gasteiger partial charge >= 0.3 is 5.97 Å².